The van der Waals surface area contributed by atoms with Gasteiger partial charge in [0.25, 0.3) is 0 Å². The van der Waals surface area contributed by atoms with Crippen molar-refractivity contribution in [2.24, 2.45) is 0 Å². The minimum Gasteiger partial charge on any atom is -0.370 e. The first-order chi connectivity index (χ1) is 7.06. The van der Waals surface area contributed by atoms with Crippen LogP contribution in [0.2, 0.25) is 0 Å². The van der Waals surface area contributed by atoms with E-state index in [1.807, 2.05) is 7.05 Å². The molecule has 0 spiro atoms. The number of hydrogen-bond donors (Lipinski definition) is 1. The Hall–Kier alpha value is -1.02. The fraction of sp³-hybridized carbons (Fsp3) is 0.538. The second kappa shape index (κ2) is 5.17. The lowest BCUT2D eigenvalue weighted by atomic mass is 10.1. The molecule has 0 aromatic heterocycles. The molecule has 0 radical (unpaired) electrons. The molecule has 1 N–H and O–H groups in total. The molecule has 0 fully saturated rings. The number of aryl methyl sites for hydroxylation is 2. The summed E-state index contributed by atoms with van der Waals surface area (Å²) in [7, 11) is 4.14. The Morgan fingerprint density at radius 1 is 1.33 bits per heavy atom. The van der Waals surface area contributed by atoms with Gasteiger partial charge < -0.3 is 10.2 Å². The number of rotatable bonds is 4. The van der Waals surface area contributed by atoms with Crippen molar-refractivity contribution in [3.05, 3.63) is 29.3 Å². The third-order valence-electron chi connectivity index (χ3n) is 2.89. The first-order valence-electron chi connectivity index (χ1n) is 5.51. The van der Waals surface area contributed by atoms with Crippen LogP contribution < -0.4 is 10.2 Å². The topological polar surface area (TPSA) is 15.3 Å². The Labute approximate surface area is 93.3 Å². The Bertz CT molecular complexity index is 320. The highest BCUT2D eigenvalue weighted by atomic mass is 15.1. The molecule has 0 aliphatic rings. The van der Waals surface area contributed by atoms with Gasteiger partial charge in [0.1, 0.15) is 0 Å². The predicted molar refractivity (Wildman–Crippen MR) is 67.7 cm³/mol. The van der Waals surface area contributed by atoms with E-state index in [1.54, 1.807) is 0 Å². The smallest absolute Gasteiger partial charge is 0.0396 e. The highest BCUT2D eigenvalue weighted by Gasteiger charge is 2.10. The molecule has 0 saturated heterocycles. The van der Waals surface area contributed by atoms with Crippen LogP contribution in [0.25, 0.3) is 0 Å². The minimum absolute atomic E-state index is 0.511. The molecule has 1 aromatic carbocycles. The molecule has 15 heavy (non-hydrogen) atoms. The second-order valence-corrected chi connectivity index (χ2v) is 4.31. The van der Waals surface area contributed by atoms with E-state index in [-0.39, 0.29) is 0 Å². The first kappa shape index (κ1) is 12.1. The summed E-state index contributed by atoms with van der Waals surface area (Å²) in [5.41, 5.74) is 4.00. The lowest BCUT2D eigenvalue weighted by molar-refractivity contribution is 0.629. The van der Waals surface area contributed by atoms with Gasteiger partial charge in [0.2, 0.25) is 0 Å². The van der Waals surface area contributed by atoms with Crippen LogP contribution in [0.5, 0.6) is 0 Å². The molecule has 0 bridgehead atoms. The maximum atomic E-state index is 3.21. The zero-order valence-corrected chi connectivity index (χ0v) is 10.5. The van der Waals surface area contributed by atoms with E-state index in [2.05, 4.69) is 56.2 Å². The van der Waals surface area contributed by atoms with Crippen LogP contribution in [-0.2, 0) is 0 Å². The summed E-state index contributed by atoms with van der Waals surface area (Å²) >= 11 is 0. The van der Waals surface area contributed by atoms with Crippen LogP contribution in [-0.4, -0.2) is 26.7 Å². The lowest BCUT2D eigenvalue weighted by Gasteiger charge is -2.28. The maximum Gasteiger partial charge on any atom is 0.0396 e. The molecule has 84 valence electrons. The Morgan fingerprint density at radius 2 is 2.00 bits per heavy atom. The number of hydrogen-bond acceptors (Lipinski definition) is 2. The molecule has 0 amide bonds. The van der Waals surface area contributed by atoms with E-state index < -0.39 is 0 Å². The molecule has 1 unspecified atom stereocenters. The number of nitrogens with zero attached hydrogens (tertiary/aromatic N) is 1. The quantitative estimate of drug-likeness (QED) is 0.813. The van der Waals surface area contributed by atoms with E-state index in [0.717, 1.165) is 6.54 Å². The Morgan fingerprint density at radius 3 is 2.53 bits per heavy atom. The molecule has 1 rings (SSSR count). The van der Waals surface area contributed by atoms with E-state index in [0.29, 0.717) is 6.04 Å². The zero-order valence-electron chi connectivity index (χ0n) is 10.5. The molecule has 0 heterocycles. The molecular formula is C13H22N2. The fourth-order valence-corrected chi connectivity index (χ4v) is 1.87. The standard InChI is InChI=1S/C13H22N2/c1-10-6-7-13(11(2)8-10)15(5)12(3)9-14-4/h6-8,12,14H,9H2,1-5H3. The summed E-state index contributed by atoms with van der Waals surface area (Å²) in [5, 5.41) is 3.21. The summed E-state index contributed by atoms with van der Waals surface area (Å²) in [5.74, 6) is 0. The number of likely N-dealkylation sites (N-methyl/N-ethyl adjacent to an activating group) is 2. The fourth-order valence-electron chi connectivity index (χ4n) is 1.87. The molecule has 1 aromatic rings. The van der Waals surface area contributed by atoms with Crippen molar-refractivity contribution in [3.63, 3.8) is 0 Å². The number of anilines is 1. The van der Waals surface area contributed by atoms with Crippen molar-refractivity contribution < 1.29 is 0 Å². The lowest BCUT2D eigenvalue weighted by Crippen LogP contribution is -2.37. The van der Waals surface area contributed by atoms with Crippen molar-refractivity contribution in [1.29, 1.82) is 0 Å². The van der Waals surface area contributed by atoms with Gasteiger partial charge in [-0.2, -0.15) is 0 Å². The van der Waals surface area contributed by atoms with Crippen molar-refractivity contribution in [2.45, 2.75) is 26.8 Å². The minimum atomic E-state index is 0.511. The van der Waals surface area contributed by atoms with Crippen LogP contribution in [0.3, 0.4) is 0 Å². The summed E-state index contributed by atoms with van der Waals surface area (Å²) < 4.78 is 0. The van der Waals surface area contributed by atoms with Gasteiger partial charge in [0.15, 0.2) is 0 Å². The van der Waals surface area contributed by atoms with Gasteiger partial charge in [-0.3, -0.25) is 0 Å². The Balaban J connectivity index is 2.86. The molecule has 0 aliphatic carbocycles. The zero-order chi connectivity index (χ0) is 11.4. The van der Waals surface area contributed by atoms with Crippen molar-refractivity contribution >= 4 is 5.69 Å². The molecule has 2 heteroatoms. The molecular weight excluding hydrogens is 184 g/mol. The third kappa shape index (κ3) is 2.96. The average molecular weight is 206 g/mol. The normalized spacial score (nSPS) is 12.6. The van der Waals surface area contributed by atoms with Crippen LogP contribution in [0, 0.1) is 13.8 Å². The molecule has 0 aliphatic heterocycles. The monoisotopic (exact) mass is 206 g/mol. The molecule has 0 saturated carbocycles. The van der Waals surface area contributed by atoms with Crippen molar-refractivity contribution in [1.82, 2.24) is 5.32 Å². The summed E-state index contributed by atoms with van der Waals surface area (Å²) in [4.78, 5) is 2.32. The van der Waals surface area contributed by atoms with Crippen LogP contribution in [0.15, 0.2) is 18.2 Å². The van der Waals surface area contributed by atoms with Gasteiger partial charge in [-0.1, -0.05) is 17.7 Å². The average Bonchev–Trinajstić information content (AvgIpc) is 2.17. The van der Waals surface area contributed by atoms with Crippen LogP contribution in [0.4, 0.5) is 5.69 Å². The van der Waals surface area contributed by atoms with Gasteiger partial charge in [-0.15, -0.1) is 0 Å². The predicted octanol–water partition coefficient (Wildman–Crippen LogP) is 2.35. The third-order valence-corrected chi connectivity index (χ3v) is 2.89. The summed E-state index contributed by atoms with van der Waals surface area (Å²) in [6, 6.07) is 7.12. The van der Waals surface area contributed by atoms with E-state index in [9.17, 15) is 0 Å². The summed E-state index contributed by atoms with van der Waals surface area (Å²) in [6.07, 6.45) is 0. The van der Waals surface area contributed by atoms with E-state index >= 15 is 0 Å². The largest absolute Gasteiger partial charge is 0.370 e. The Kier molecular flexibility index (Phi) is 4.15. The van der Waals surface area contributed by atoms with Crippen molar-refractivity contribution in [3.8, 4) is 0 Å². The van der Waals surface area contributed by atoms with Gasteiger partial charge in [0.05, 0.1) is 0 Å². The highest BCUT2D eigenvalue weighted by molar-refractivity contribution is 5.54. The SMILES string of the molecule is CNCC(C)N(C)c1ccc(C)cc1C. The molecule has 1 atom stereocenters. The highest BCUT2D eigenvalue weighted by Crippen LogP contribution is 2.21. The maximum absolute atomic E-state index is 3.21. The first-order valence-corrected chi connectivity index (χ1v) is 5.51. The van der Waals surface area contributed by atoms with Gasteiger partial charge in [-0.25, -0.2) is 0 Å². The van der Waals surface area contributed by atoms with Crippen molar-refractivity contribution in [2.75, 3.05) is 25.5 Å². The number of benzene rings is 1. The van der Waals surface area contributed by atoms with E-state index in [4.69, 9.17) is 0 Å². The molecule has 2 nitrogen and oxygen atoms in total. The van der Waals surface area contributed by atoms with Crippen LogP contribution >= 0.6 is 0 Å². The second-order valence-electron chi connectivity index (χ2n) is 4.31. The number of nitrogens with one attached hydrogen (secondary N) is 1. The summed E-state index contributed by atoms with van der Waals surface area (Å²) in [6.45, 7) is 7.54. The van der Waals surface area contributed by atoms with Crippen LogP contribution in [0.1, 0.15) is 18.1 Å². The van der Waals surface area contributed by atoms with Gasteiger partial charge in [0, 0.05) is 25.3 Å². The van der Waals surface area contributed by atoms with Gasteiger partial charge >= 0.3 is 0 Å². The van der Waals surface area contributed by atoms with E-state index in [1.165, 1.54) is 16.8 Å². The van der Waals surface area contributed by atoms with Gasteiger partial charge in [-0.05, 0) is 39.4 Å².